The van der Waals surface area contributed by atoms with E-state index in [1.54, 1.807) is 18.2 Å². The highest BCUT2D eigenvalue weighted by Crippen LogP contribution is 2.29. The van der Waals surface area contributed by atoms with Gasteiger partial charge in [0.2, 0.25) is 0 Å². The molecule has 6 nitrogen and oxygen atoms in total. The largest absolute Gasteiger partial charge is 0.511 e. The van der Waals surface area contributed by atoms with Gasteiger partial charge in [-0.25, -0.2) is 9.59 Å². The van der Waals surface area contributed by atoms with Gasteiger partial charge < -0.3 is 19.7 Å². The smallest absolute Gasteiger partial charge is 0.449 e. The molecule has 0 aliphatic heterocycles. The van der Waals surface area contributed by atoms with Crippen molar-refractivity contribution in [2.75, 3.05) is 0 Å². The molecule has 0 amide bonds. The summed E-state index contributed by atoms with van der Waals surface area (Å²) in [6.45, 7) is 0. The lowest BCUT2D eigenvalue weighted by Crippen LogP contribution is -2.04. The van der Waals surface area contributed by atoms with Gasteiger partial charge in [-0.2, -0.15) is 0 Å². The summed E-state index contributed by atoms with van der Waals surface area (Å²) < 4.78 is 9.10. The molecule has 0 aliphatic carbocycles. The van der Waals surface area contributed by atoms with Crippen molar-refractivity contribution in [2.45, 2.75) is 0 Å². The van der Waals surface area contributed by atoms with E-state index in [9.17, 15) is 9.59 Å². The van der Waals surface area contributed by atoms with Crippen LogP contribution in [0.15, 0.2) is 36.4 Å². The van der Waals surface area contributed by atoms with Crippen LogP contribution in [0.3, 0.4) is 0 Å². The maximum absolute atomic E-state index is 10.5. The average Bonchev–Trinajstić information content (AvgIpc) is 2.28. The molecule has 0 aromatic heterocycles. The second-order valence-corrected chi connectivity index (χ2v) is 3.38. The molecule has 0 unspecified atom stereocenters. The predicted octanol–water partition coefficient (Wildman–Crippen LogP) is 2.95. The number of carboxylic acid groups (broad SMARTS) is 2. The Labute approximate surface area is 101 Å². The fourth-order valence-corrected chi connectivity index (χ4v) is 1.57. The molecule has 0 saturated carbocycles. The van der Waals surface area contributed by atoms with Crippen molar-refractivity contribution in [1.82, 2.24) is 0 Å². The molecule has 0 spiro atoms. The Kier molecular flexibility index (Phi) is 3.01. The van der Waals surface area contributed by atoms with Crippen LogP contribution in [-0.2, 0) is 0 Å². The second-order valence-electron chi connectivity index (χ2n) is 3.38. The quantitative estimate of drug-likeness (QED) is 0.626. The standard InChI is InChI=1S/C12H8O6/c13-11(14)17-8-5-4-7-2-1-3-10(9(7)6-8)18-12(15)16/h1-6H,(H,13,14)(H,15,16). The van der Waals surface area contributed by atoms with Crippen molar-refractivity contribution in [2.24, 2.45) is 0 Å². The van der Waals surface area contributed by atoms with E-state index in [1.807, 2.05) is 0 Å². The Morgan fingerprint density at radius 1 is 0.944 bits per heavy atom. The fraction of sp³-hybridized carbons (Fsp3) is 0. The molecule has 2 aromatic rings. The highest BCUT2D eigenvalue weighted by atomic mass is 16.7. The number of hydrogen-bond acceptors (Lipinski definition) is 4. The Morgan fingerprint density at radius 3 is 2.33 bits per heavy atom. The third-order valence-corrected chi connectivity index (χ3v) is 2.22. The van der Waals surface area contributed by atoms with Gasteiger partial charge in [-0.1, -0.05) is 18.2 Å². The molecule has 0 fully saturated rings. The Bertz CT molecular complexity index is 619. The number of fused-ring (bicyclic) bond motifs is 1. The van der Waals surface area contributed by atoms with Crippen LogP contribution in [0.2, 0.25) is 0 Å². The summed E-state index contributed by atoms with van der Waals surface area (Å²) in [5.41, 5.74) is 0. The molecule has 2 rings (SSSR count). The molecular formula is C12H8O6. The molecule has 92 valence electrons. The SMILES string of the molecule is O=C(O)Oc1ccc2cccc(OC(=O)O)c2c1. The van der Waals surface area contributed by atoms with Crippen LogP contribution in [0.4, 0.5) is 9.59 Å². The van der Waals surface area contributed by atoms with Gasteiger partial charge in [-0.3, -0.25) is 0 Å². The molecule has 0 saturated heterocycles. The number of hydrogen-bond donors (Lipinski definition) is 2. The maximum Gasteiger partial charge on any atom is 0.511 e. The highest BCUT2D eigenvalue weighted by molar-refractivity contribution is 5.91. The molecule has 18 heavy (non-hydrogen) atoms. The first kappa shape index (κ1) is 11.7. The van der Waals surface area contributed by atoms with E-state index in [4.69, 9.17) is 10.2 Å². The molecule has 2 aromatic carbocycles. The van der Waals surface area contributed by atoms with Gasteiger partial charge in [0.25, 0.3) is 0 Å². The Balaban J connectivity index is 2.51. The van der Waals surface area contributed by atoms with Gasteiger partial charge >= 0.3 is 12.3 Å². The van der Waals surface area contributed by atoms with Crippen molar-refractivity contribution in [3.05, 3.63) is 36.4 Å². The lowest BCUT2D eigenvalue weighted by Gasteiger charge is -2.06. The van der Waals surface area contributed by atoms with Crippen LogP contribution in [0.5, 0.6) is 11.5 Å². The minimum atomic E-state index is -1.44. The summed E-state index contributed by atoms with van der Waals surface area (Å²) in [6.07, 6.45) is -2.88. The number of rotatable bonds is 2. The normalized spacial score (nSPS) is 10.0. The van der Waals surface area contributed by atoms with Crippen molar-refractivity contribution in [3.8, 4) is 11.5 Å². The minimum Gasteiger partial charge on any atom is -0.449 e. The minimum absolute atomic E-state index is 0.0939. The Morgan fingerprint density at radius 2 is 1.67 bits per heavy atom. The van der Waals surface area contributed by atoms with Crippen molar-refractivity contribution in [1.29, 1.82) is 0 Å². The first-order chi connectivity index (χ1) is 8.56. The van der Waals surface area contributed by atoms with Crippen LogP contribution >= 0.6 is 0 Å². The van der Waals surface area contributed by atoms with Crippen LogP contribution in [0, 0.1) is 0 Å². The summed E-state index contributed by atoms with van der Waals surface area (Å²) in [5.74, 6) is 0.215. The van der Waals surface area contributed by atoms with Crippen LogP contribution < -0.4 is 9.47 Å². The van der Waals surface area contributed by atoms with Crippen molar-refractivity contribution < 1.29 is 29.3 Å². The third-order valence-electron chi connectivity index (χ3n) is 2.22. The van der Waals surface area contributed by atoms with Crippen LogP contribution in [0.1, 0.15) is 0 Å². The van der Waals surface area contributed by atoms with E-state index in [-0.39, 0.29) is 11.5 Å². The first-order valence-corrected chi connectivity index (χ1v) is 4.90. The molecule has 0 radical (unpaired) electrons. The zero-order valence-electron chi connectivity index (χ0n) is 8.99. The molecule has 0 heterocycles. The van der Waals surface area contributed by atoms with Gasteiger partial charge in [0.05, 0.1) is 0 Å². The van der Waals surface area contributed by atoms with Crippen molar-refractivity contribution >= 4 is 23.1 Å². The lowest BCUT2D eigenvalue weighted by molar-refractivity contribution is 0.142. The van der Waals surface area contributed by atoms with Crippen molar-refractivity contribution in [3.63, 3.8) is 0 Å². The molecule has 2 N–H and O–H groups in total. The van der Waals surface area contributed by atoms with E-state index in [2.05, 4.69) is 9.47 Å². The highest BCUT2D eigenvalue weighted by Gasteiger charge is 2.08. The molecule has 0 bridgehead atoms. The van der Waals surface area contributed by atoms with Crippen LogP contribution in [-0.4, -0.2) is 22.5 Å². The van der Waals surface area contributed by atoms with E-state index < -0.39 is 12.3 Å². The van der Waals surface area contributed by atoms with Crippen LogP contribution in [0.25, 0.3) is 10.8 Å². The molecule has 0 aliphatic rings. The summed E-state index contributed by atoms with van der Waals surface area (Å²) in [4.78, 5) is 20.9. The second kappa shape index (κ2) is 4.62. The molecular weight excluding hydrogens is 240 g/mol. The van der Waals surface area contributed by atoms with E-state index >= 15 is 0 Å². The average molecular weight is 248 g/mol. The summed E-state index contributed by atoms with van der Waals surface area (Å²) in [7, 11) is 0. The van der Waals surface area contributed by atoms with Gasteiger partial charge in [0, 0.05) is 5.39 Å². The number of carbonyl (C=O) groups is 2. The summed E-state index contributed by atoms with van der Waals surface area (Å²) in [6, 6.07) is 9.35. The molecule has 0 atom stereocenters. The first-order valence-electron chi connectivity index (χ1n) is 4.90. The Hall–Kier alpha value is -2.76. The zero-order chi connectivity index (χ0) is 13.1. The fourth-order valence-electron chi connectivity index (χ4n) is 1.57. The topological polar surface area (TPSA) is 93.1 Å². The van der Waals surface area contributed by atoms with E-state index in [0.717, 1.165) is 0 Å². The number of ether oxygens (including phenoxy) is 2. The monoisotopic (exact) mass is 248 g/mol. The number of benzene rings is 2. The van der Waals surface area contributed by atoms with Gasteiger partial charge in [-0.15, -0.1) is 0 Å². The van der Waals surface area contributed by atoms with Gasteiger partial charge in [-0.05, 0) is 23.6 Å². The van der Waals surface area contributed by atoms with E-state index in [0.29, 0.717) is 10.8 Å². The lowest BCUT2D eigenvalue weighted by atomic mass is 10.1. The third kappa shape index (κ3) is 2.49. The van der Waals surface area contributed by atoms with Gasteiger partial charge in [0.1, 0.15) is 11.5 Å². The maximum atomic E-state index is 10.5. The summed E-state index contributed by atoms with van der Waals surface area (Å²) >= 11 is 0. The predicted molar refractivity (Wildman–Crippen MR) is 61.3 cm³/mol. The summed E-state index contributed by atoms with van der Waals surface area (Å²) in [5, 5.41) is 18.3. The zero-order valence-corrected chi connectivity index (χ0v) is 8.99. The van der Waals surface area contributed by atoms with Gasteiger partial charge in [0.15, 0.2) is 0 Å². The molecule has 6 heteroatoms. The van der Waals surface area contributed by atoms with E-state index in [1.165, 1.54) is 18.2 Å².